The zero-order valence-corrected chi connectivity index (χ0v) is 15.8. The van der Waals surface area contributed by atoms with Crippen LogP contribution in [0, 0.1) is 17.2 Å². The second-order valence-corrected chi connectivity index (χ2v) is 6.68. The number of hydrogen-bond acceptors (Lipinski definition) is 5. The first-order chi connectivity index (χ1) is 12.9. The van der Waals surface area contributed by atoms with E-state index in [2.05, 4.69) is 16.7 Å². The van der Waals surface area contributed by atoms with Gasteiger partial charge in [0.15, 0.2) is 0 Å². The second kappa shape index (κ2) is 9.14. The fourth-order valence-corrected chi connectivity index (χ4v) is 3.02. The molecule has 3 amide bonds. The molecular weight excluding hydrogens is 346 g/mol. The number of nitriles is 1. The highest BCUT2D eigenvalue weighted by Crippen LogP contribution is 2.24. The van der Waals surface area contributed by atoms with Crippen LogP contribution in [0.15, 0.2) is 30.3 Å². The van der Waals surface area contributed by atoms with Crippen molar-refractivity contribution in [1.29, 1.82) is 5.26 Å². The summed E-state index contributed by atoms with van der Waals surface area (Å²) in [7, 11) is 3.21. The molecule has 27 heavy (non-hydrogen) atoms. The van der Waals surface area contributed by atoms with E-state index in [-0.39, 0.29) is 37.2 Å². The van der Waals surface area contributed by atoms with Gasteiger partial charge in [-0.25, -0.2) is 0 Å². The van der Waals surface area contributed by atoms with Crippen molar-refractivity contribution in [3.05, 3.63) is 30.3 Å². The minimum atomic E-state index is -0.672. The SMILES string of the molecule is CNC(C)C(=O)N(C)CC(=O)N1CC(C(=O)Nc2ccccc2)CC1C#N. The van der Waals surface area contributed by atoms with Gasteiger partial charge in [-0.05, 0) is 32.5 Å². The molecule has 0 aromatic heterocycles. The average molecular weight is 371 g/mol. The number of carbonyl (C=O) groups excluding carboxylic acids is 3. The molecule has 1 heterocycles. The number of para-hydroxylation sites is 1. The molecule has 1 fully saturated rings. The van der Waals surface area contributed by atoms with Crippen LogP contribution in [0.2, 0.25) is 0 Å². The van der Waals surface area contributed by atoms with Crippen LogP contribution in [0.5, 0.6) is 0 Å². The number of amides is 3. The highest BCUT2D eigenvalue weighted by atomic mass is 16.2. The lowest BCUT2D eigenvalue weighted by Crippen LogP contribution is -2.47. The summed E-state index contributed by atoms with van der Waals surface area (Å²) in [4.78, 5) is 39.9. The van der Waals surface area contributed by atoms with E-state index >= 15 is 0 Å². The Morgan fingerprint density at radius 3 is 2.59 bits per heavy atom. The van der Waals surface area contributed by atoms with E-state index in [0.29, 0.717) is 5.69 Å². The lowest BCUT2D eigenvalue weighted by Gasteiger charge is -2.25. The third kappa shape index (κ3) is 5.05. The van der Waals surface area contributed by atoms with Crippen molar-refractivity contribution in [2.24, 2.45) is 5.92 Å². The quantitative estimate of drug-likeness (QED) is 0.754. The highest BCUT2D eigenvalue weighted by Gasteiger charge is 2.39. The Bertz CT molecular complexity index is 731. The molecule has 3 atom stereocenters. The van der Waals surface area contributed by atoms with Crippen molar-refractivity contribution in [3.8, 4) is 6.07 Å². The number of nitrogens with zero attached hydrogens (tertiary/aromatic N) is 3. The minimum Gasteiger partial charge on any atom is -0.335 e. The van der Waals surface area contributed by atoms with E-state index in [1.807, 2.05) is 18.2 Å². The van der Waals surface area contributed by atoms with Crippen molar-refractivity contribution in [3.63, 3.8) is 0 Å². The van der Waals surface area contributed by atoms with Crippen LogP contribution >= 0.6 is 0 Å². The zero-order chi connectivity index (χ0) is 20.0. The number of nitrogens with one attached hydrogen (secondary N) is 2. The van der Waals surface area contributed by atoms with Crippen molar-refractivity contribution in [1.82, 2.24) is 15.1 Å². The number of hydrogen-bond donors (Lipinski definition) is 2. The number of likely N-dealkylation sites (tertiary alicyclic amines) is 1. The number of likely N-dealkylation sites (N-methyl/N-ethyl adjacent to an activating group) is 2. The van der Waals surface area contributed by atoms with Gasteiger partial charge in [0, 0.05) is 19.3 Å². The molecule has 1 aromatic carbocycles. The molecule has 0 aliphatic carbocycles. The third-order valence-corrected chi connectivity index (χ3v) is 4.73. The number of rotatable bonds is 6. The van der Waals surface area contributed by atoms with Gasteiger partial charge in [0.2, 0.25) is 17.7 Å². The monoisotopic (exact) mass is 371 g/mol. The van der Waals surface area contributed by atoms with Crippen molar-refractivity contribution < 1.29 is 14.4 Å². The first-order valence-corrected chi connectivity index (χ1v) is 8.84. The summed E-state index contributed by atoms with van der Waals surface area (Å²) >= 11 is 0. The molecule has 1 aliphatic rings. The van der Waals surface area contributed by atoms with Gasteiger partial charge in [-0.15, -0.1) is 0 Å². The van der Waals surface area contributed by atoms with Crippen LogP contribution in [-0.2, 0) is 14.4 Å². The Labute approximate surface area is 159 Å². The maximum atomic E-state index is 12.6. The normalized spacial score (nSPS) is 19.9. The maximum Gasteiger partial charge on any atom is 0.243 e. The van der Waals surface area contributed by atoms with E-state index in [1.54, 1.807) is 33.2 Å². The Hall–Kier alpha value is -2.92. The van der Waals surface area contributed by atoms with Crippen LogP contribution in [0.25, 0.3) is 0 Å². The number of benzene rings is 1. The van der Waals surface area contributed by atoms with E-state index in [0.717, 1.165) is 0 Å². The van der Waals surface area contributed by atoms with Crippen molar-refractivity contribution in [2.75, 3.05) is 32.5 Å². The van der Waals surface area contributed by atoms with Crippen LogP contribution in [0.4, 0.5) is 5.69 Å². The highest BCUT2D eigenvalue weighted by molar-refractivity contribution is 5.94. The molecule has 1 aromatic rings. The summed E-state index contributed by atoms with van der Waals surface area (Å²) in [5, 5.41) is 15.0. The minimum absolute atomic E-state index is 0.129. The Morgan fingerprint density at radius 2 is 2.00 bits per heavy atom. The molecule has 1 saturated heterocycles. The molecule has 2 rings (SSSR count). The molecule has 1 aliphatic heterocycles. The van der Waals surface area contributed by atoms with Crippen molar-refractivity contribution in [2.45, 2.75) is 25.4 Å². The number of anilines is 1. The van der Waals surface area contributed by atoms with E-state index in [1.165, 1.54) is 9.80 Å². The van der Waals surface area contributed by atoms with Gasteiger partial charge in [-0.1, -0.05) is 18.2 Å². The van der Waals surface area contributed by atoms with Crippen LogP contribution < -0.4 is 10.6 Å². The van der Waals surface area contributed by atoms with E-state index in [9.17, 15) is 19.6 Å². The largest absolute Gasteiger partial charge is 0.335 e. The summed E-state index contributed by atoms with van der Waals surface area (Å²) in [5.74, 6) is -1.23. The summed E-state index contributed by atoms with van der Waals surface area (Å²) in [5.41, 5.74) is 0.673. The molecule has 2 N–H and O–H groups in total. The molecule has 8 heteroatoms. The lowest BCUT2D eigenvalue weighted by molar-refractivity contribution is -0.140. The molecular formula is C19H25N5O3. The molecule has 0 radical (unpaired) electrons. The van der Waals surface area contributed by atoms with Crippen LogP contribution in [0.1, 0.15) is 13.3 Å². The Balaban J connectivity index is 1.98. The van der Waals surface area contributed by atoms with Gasteiger partial charge in [-0.2, -0.15) is 5.26 Å². The van der Waals surface area contributed by atoms with E-state index in [4.69, 9.17) is 0 Å². The smallest absolute Gasteiger partial charge is 0.243 e. The average Bonchev–Trinajstić information content (AvgIpc) is 3.12. The van der Waals surface area contributed by atoms with Crippen molar-refractivity contribution >= 4 is 23.4 Å². The van der Waals surface area contributed by atoms with Gasteiger partial charge < -0.3 is 20.4 Å². The molecule has 0 saturated carbocycles. The van der Waals surface area contributed by atoms with Gasteiger partial charge in [0.05, 0.1) is 24.6 Å². The fourth-order valence-electron chi connectivity index (χ4n) is 3.02. The predicted octanol–water partition coefficient (Wildman–Crippen LogP) is 0.432. The number of carbonyl (C=O) groups is 3. The van der Waals surface area contributed by atoms with Crippen LogP contribution in [-0.4, -0.2) is 66.8 Å². The molecule has 8 nitrogen and oxygen atoms in total. The molecule has 3 unspecified atom stereocenters. The maximum absolute atomic E-state index is 12.6. The summed E-state index contributed by atoms with van der Waals surface area (Å²) in [6.07, 6.45) is 0.283. The predicted molar refractivity (Wildman–Crippen MR) is 100 cm³/mol. The van der Waals surface area contributed by atoms with Crippen LogP contribution in [0.3, 0.4) is 0 Å². The second-order valence-electron chi connectivity index (χ2n) is 6.68. The van der Waals surface area contributed by atoms with E-state index < -0.39 is 18.0 Å². The summed E-state index contributed by atoms with van der Waals surface area (Å²) in [6.45, 7) is 1.75. The first kappa shape index (κ1) is 20.4. The van der Waals surface area contributed by atoms with Gasteiger partial charge in [0.1, 0.15) is 6.04 Å². The third-order valence-electron chi connectivity index (χ3n) is 4.73. The van der Waals surface area contributed by atoms with Gasteiger partial charge in [-0.3, -0.25) is 14.4 Å². The first-order valence-electron chi connectivity index (χ1n) is 8.84. The Kier molecular flexibility index (Phi) is 6.91. The van der Waals surface area contributed by atoms with Gasteiger partial charge in [0.25, 0.3) is 0 Å². The molecule has 144 valence electrons. The standard InChI is InChI=1S/C19H25N5O3/c1-13(21-2)19(27)23(3)12-17(25)24-11-14(9-16(24)10-20)18(26)22-15-7-5-4-6-8-15/h4-8,13-14,16,21H,9,11-12H2,1-3H3,(H,22,26). The topological polar surface area (TPSA) is 106 Å². The lowest BCUT2D eigenvalue weighted by atomic mass is 10.1. The summed E-state index contributed by atoms with van der Waals surface area (Å²) in [6, 6.07) is 10.1. The molecule has 0 bridgehead atoms. The fraction of sp³-hybridized carbons (Fsp3) is 0.474. The summed E-state index contributed by atoms with van der Waals surface area (Å²) < 4.78 is 0. The molecule has 0 spiro atoms. The van der Waals surface area contributed by atoms with Gasteiger partial charge >= 0.3 is 0 Å². The zero-order valence-electron chi connectivity index (χ0n) is 15.8. The Morgan fingerprint density at radius 1 is 1.33 bits per heavy atom.